The average molecular weight is 421 g/mol. The van der Waals surface area contributed by atoms with Gasteiger partial charge in [0.15, 0.2) is 0 Å². The highest BCUT2D eigenvalue weighted by Gasteiger charge is 2.87. The highest BCUT2D eigenvalue weighted by Crippen LogP contribution is 2.78. The summed E-state index contributed by atoms with van der Waals surface area (Å²) in [7, 11) is 1.78. The van der Waals surface area contributed by atoms with E-state index in [2.05, 4.69) is 10.4 Å². The normalized spacial score (nSPS) is 34.2. The van der Waals surface area contributed by atoms with Crippen molar-refractivity contribution in [2.75, 3.05) is 5.32 Å². The minimum Gasteiger partial charge on any atom is -0.390 e. The maximum Gasteiger partial charge on any atom is 0.416 e. The van der Waals surface area contributed by atoms with Crippen molar-refractivity contribution in [3.05, 3.63) is 46.8 Å². The highest BCUT2D eigenvalue weighted by molar-refractivity contribution is 6.01. The van der Waals surface area contributed by atoms with Gasteiger partial charge in [-0.1, -0.05) is 0 Å². The molecule has 2 bridgehead atoms. The first-order valence-electron chi connectivity index (χ1n) is 9.83. The van der Waals surface area contributed by atoms with Crippen LogP contribution in [0.2, 0.25) is 0 Å². The van der Waals surface area contributed by atoms with Gasteiger partial charge in [-0.2, -0.15) is 18.3 Å². The van der Waals surface area contributed by atoms with Crippen LogP contribution in [0.25, 0.3) is 0 Å². The van der Waals surface area contributed by atoms with Gasteiger partial charge in [-0.3, -0.25) is 9.48 Å². The van der Waals surface area contributed by atoms with E-state index in [1.807, 2.05) is 13.1 Å². The van der Waals surface area contributed by atoms with Gasteiger partial charge < -0.3 is 15.2 Å². The van der Waals surface area contributed by atoms with Gasteiger partial charge in [0.05, 0.1) is 35.0 Å². The number of nitrogens with one attached hydrogen (secondary N) is 1. The van der Waals surface area contributed by atoms with Crippen LogP contribution in [0, 0.1) is 19.3 Å². The summed E-state index contributed by atoms with van der Waals surface area (Å²) >= 11 is 0. The van der Waals surface area contributed by atoms with Gasteiger partial charge in [-0.05, 0) is 44.0 Å². The molecule has 0 radical (unpaired) electrons. The van der Waals surface area contributed by atoms with E-state index < -0.39 is 40.9 Å². The lowest BCUT2D eigenvalue weighted by atomic mass is 9.74. The van der Waals surface area contributed by atoms with E-state index in [1.54, 1.807) is 18.7 Å². The summed E-state index contributed by atoms with van der Waals surface area (Å²) in [6.07, 6.45) is -3.55. The molecular formula is C21H22F3N3O3. The number of benzene rings is 1. The number of carbonyl (C=O) groups excluding carboxylic acids is 1. The first kappa shape index (κ1) is 19.6. The molecule has 9 heteroatoms. The van der Waals surface area contributed by atoms with Gasteiger partial charge >= 0.3 is 6.18 Å². The van der Waals surface area contributed by atoms with Crippen molar-refractivity contribution in [3.8, 4) is 0 Å². The van der Waals surface area contributed by atoms with E-state index in [0.717, 1.165) is 23.4 Å². The zero-order valence-corrected chi connectivity index (χ0v) is 16.7. The average Bonchev–Trinajstić information content (AvgIpc) is 2.85. The molecule has 1 saturated carbocycles. The predicted octanol–water partition coefficient (Wildman–Crippen LogP) is 2.85. The van der Waals surface area contributed by atoms with Crippen molar-refractivity contribution in [2.24, 2.45) is 12.5 Å². The molecular weight excluding hydrogens is 399 g/mol. The zero-order valence-electron chi connectivity index (χ0n) is 16.7. The van der Waals surface area contributed by atoms with E-state index in [0.29, 0.717) is 18.4 Å². The van der Waals surface area contributed by atoms with Crippen LogP contribution in [0.5, 0.6) is 0 Å². The highest BCUT2D eigenvalue weighted by atomic mass is 19.4. The summed E-state index contributed by atoms with van der Waals surface area (Å²) < 4.78 is 47.3. The Kier molecular flexibility index (Phi) is 3.82. The predicted molar refractivity (Wildman–Crippen MR) is 101 cm³/mol. The maximum atomic E-state index is 13.5. The van der Waals surface area contributed by atoms with E-state index in [1.165, 1.54) is 6.07 Å². The monoisotopic (exact) mass is 421 g/mol. The first-order chi connectivity index (χ1) is 14.0. The molecule has 1 aliphatic carbocycles. The third-order valence-electron chi connectivity index (χ3n) is 6.94. The standard InChI is InChI=1S/C21H22F3N3O3/c1-10-4-12(21(22,23)24)6-13(5-10)25-18(29)20-9-19(20,14-8-27(3)26-11(14)2)17-15(28)7-16(20)30-17/h4-6,8,15-17,28H,7,9H2,1-3H3,(H,25,29)/t15-,16+,17-,19+,20+/m0/s1. The summed E-state index contributed by atoms with van der Waals surface area (Å²) in [5.41, 5.74) is -0.324. The maximum absolute atomic E-state index is 13.5. The Morgan fingerprint density at radius 2 is 2.07 bits per heavy atom. The number of anilines is 1. The van der Waals surface area contributed by atoms with Crippen LogP contribution in [0.3, 0.4) is 0 Å². The number of aryl methyl sites for hydroxylation is 3. The molecule has 5 rings (SSSR count). The van der Waals surface area contributed by atoms with Crippen LogP contribution < -0.4 is 5.32 Å². The first-order valence-corrected chi connectivity index (χ1v) is 9.83. The minimum absolute atomic E-state index is 0.105. The molecule has 3 heterocycles. The molecule has 2 aliphatic heterocycles. The molecule has 3 aliphatic rings. The van der Waals surface area contributed by atoms with Crippen molar-refractivity contribution >= 4 is 11.6 Å². The van der Waals surface area contributed by atoms with Crippen molar-refractivity contribution in [3.63, 3.8) is 0 Å². The van der Waals surface area contributed by atoms with Crippen LogP contribution >= 0.6 is 0 Å². The molecule has 6 nitrogen and oxygen atoms in total. The number of nitrogens with zero attached hydrogens (tertiary/aromatic N) is 2. The number of ether oxygens (including phenoxy) is 1. The summed E-state index contributed by atoms with van der Waals surface area (Å²) in [6.45, 7) is 3.40. The summed E-state index contributed by atoms with van der Waals surface area (Å²) in [4.78, 5) is 13.5. The molecule has 0 unspecified atom stereocenters. The van der Waals surface area contributed by atoms with E-state index in [9.17, 15) is 23.1 Å². The molecule has 1 aromatic heterocycles. The van der Waals surface area contributed by atoms with Crippen LogP contribution in [-0.2, 0) is 28.2 Å². The molecule has 3 fully saturated rings. The Labute approximate surface area is 171 Å². The van der Waals surface area contributed by atoms with Crippen LogP contribution in [-0.4, -0.2) is 39.1 Å². The third kappa shape index (κ3) is 2.39. The number of carbonyl (C=O) groups is 1. The number of rotatable bonds is 3. The van der Waals surface area contributed by atoms with Gasteiger partial charge in [-0.25, -0.2) is 0 Å². The van der Waals surface area contributed by atoms with Gasteiger partial charge in [0, 0.05) is 36.3 Å². The van der Waals surface area contributed by atoms with Crippen molar-refractivity contribution < 1.29 is 27.8 Å². The van der Waals surface area contributed by atoms with Crippen LogP contribution in [0.15, 0.2) is 24.4 Å². The fourth-order valence-electron chi connectivity index (χ4n) is 5.80. The van der Waals surface area contributed by atoms with E-state index in [4.69, 9.17) is 4.74 Å². The summed E-state index contributed by atoms with van der Waals surface area (Å²) in [5, 5.41) is 17.6. The van der Waals surface area contributed by atoms with Crippen molar-refractivity contribution in [2.45, 2.75) is 56.6 Å². The quantitative estimate of drug-likeness (QED) is 0.799. The summed E-state index contributed by atoms with van der Waals surface area (Å²) in [5.74, 6) is -0.371. The third-order valence-corrected chi connectivity index (χ3v) is 6.94. The fraction of sp³-hybridized carbons (Fsp3) is 0.524. The van der Waals surface area contributed by atoms with Gasteiger partial charge in [-0.15, -0.1) is 0 Å². The number of fused-ring (bicyclic) bond motifs is 5. The van der Waals surface area contributed by atoms with Gasteiger partial charge in [0.25, 0.3) is 0 Å². The van der Waals surface area contributed by atoms with Crippen LogP contribution in [0.4, 0.5) is 18.9 Å². The molecule has 1 amide bonds. The van der Waals surface area contributed by atoms with E-state index in [-0.39, 0.29) is 11.6 Å². The number of halogens is 3. The number of aliphatic hydroxyl groups is 1. The number of alkyl halides is 3. The molecule has 2 saturated heterocycles. The molecule has 160 valence electrons. The molecule has 0 spiro atoms. The number of aromatic nitrogens is 2. The second-order valence-corrected chi connectivity index (χ2v) is 8.81. The summed E-state index contributed by atoms with van der Waals surface area (Å²) in [6, 6.07) is 3.52. The Bertz CT molecular complexity index is 1070. The number of aliphatic hydroxyl groups excluding tert-OH is 1. The second-order valence-electron chi connectivity index (χ2n) is 8.81. The Hall–Kier alpha value is -2.39. The smallest absolute Gasteiger partial charge is 0.390 e. The van der Waals surface area contributed by atoms with Crippen LogP contribution in [0.1, 0.15) is 35.2 Å². The molecule has 1 aromatic carbocycles. The van der Waals surface area contributed by atoms with Gasteiger partial charge in [0.2, 0.25) is 5.91 Å². The Morgan fingerprint density at radius 3 is 2.70 bits per heavy atom. The molecule has 2 N–H and O–H groups in total. The van der Waals surface area contributed by atoms with Crippen molar-refractivity contribution in [1.29, 1.82) is 0 Å². The fourth-order valence-corrected chi connectivity index (χ4v) is 5.80. The molecule has 30 heavy (non-hydrogen) atoms. The lowest BCUT2D eigenvalue weighted by molar-refractivity contribution is -0.137. The largest absolute Gasteiger partial charge is 0.416 e. The lowest BCUT2D eigenvalue weighted by Gasteiger charge is -2.29. The van der Waals surface area contributed by atoms with Crippen molar-refractivity contribution in [1.82, 2.24) is 9.78 Å². The Morgan fingerprint density at radius 1 is 1.33 bits per heavy atom. The SMILES string of the molecule is Cc1cc(NC(=O)[C@]23C[C@@]2(c2cn(C)nc2C)[C@H]2O[C@@H]3C[C@@H]2O)cc(C(F)(F)F)c1. The Balaban J connectivity index is 1.52. The minimum atomic E-state index is -4.50. The number of hydrogen-bond donors (Lipinski definition) is 2. The molecule has 5 atom stereocenters. The molecule has 2 aromatic rings. The second kappa shape index (κ2) is 5.85. The topological polar surface area (TPSA) is 76.4 Å². The zero-order chi connectivity index (χ0) is 21.6. The number of amides is 1. The van der Waals surface area contributed by atoms with Gasteiger partial charge in [0.1, 0.15) is 0 Å². The number of hydrogen-bond acceptors (Lipinski definition) is 4. The lowest BCUT2D eigenvalue weighted by Crippen LogP contribution is -2.44. The van der Waals surface area contributed by atoms with E-state index >= 15 is 0 Å².